The first-order chi connectivity index (χ1) is 8.61. The fourth-order valence-electron chi connectivity index (χ4n) is 1.46. The highest BCUT2D eigenvalue weighted by Crippen LogP contribution is 2.21. The van der Waals surface area contributed by atoms with Gasteiger partial charge in [0.15, 0.2) is 5.82 Å². The van der Waals surface area contributed by atoms with E-state index in [0.29, 0.717) is 23.9 Å². The molecule has 0 spiro atoms. The van der Waals surface area contributed by atoms with Crippen LogP contribution < -0.4 is 5.73 Å². The standard InChI is InChI=1S/C12H13IN4O/c1-7-3-4-8(15-5-7)12-16-9(6-18-2)10(13)11(14)17-12/h3-5H,6H2,1-2H3,(H2,14,16,17). The van der Waals surface area contributed by atoms with Crippen molar-refractivity contribution in [1.82, 2.24) is 15.0 Å². The third-order valence-corrected chi connectivity index (χ3v) is 3.54. The van der Waals surface area contributed by atoms with E-state index in [1.165, 1.54) is 0 Å². The molecule has 0 aliphatic heterocycles. The van der Waals surface area contributed by atoms with Crippen molar-refractivity contribution in [2.45, 2.75) is 13.5 Å². The fraction of sp³-hybridized carbons (Fsp3) is 0.250. The topological polar surface area (TPSA) is 73.9 Å². The van der Waals surface area contributed by atoms with E-state index in [1.54, 1.807) is 13.3 Å². The van der Waals surface area contributed by atoms with Crippen LogP contribution in [0.25, 0.3) is 11.5 Å². The molecule has 5 nitrogen and oxygen atoms in total. The Labute approximate surface area is 119 Å². The molecule has 6 heteroatoms. The molecule has 2 N–H and O–H groups in total. The monoisotopic (exact) mass is 356 g/mol. The average molecular weight is 356 g/mol. The lowest BCUT2D eigenvalue weighted by molar-refractivity contribution is 0.181. The van der Waals surface area contributed by atoms with Crippen LogP contribution in [0.3, 0.4) is 0 Å². The summed E-state index contributed by atoms with van der Waals surface area (Å²) in [6, 6.07) is 3.85. The van der Waals surface area contributed by atoms with Crippen molar-refractivity contribution in [3.8, 4) is 11.5 Å². The third-order valence-electron chi connectivity index (χ3n) is 2.37. The second-order valence-corrected chi connectivity index (χ2v) is 4.93. The molecule has 0 atom stereocenters. The lowest BCUT2D eigenvalue weighted by Gasteiger charge is -2.08. The van der Waals surface area contributed by atoms with Crippen LogP contribution in [0, 0.1) is 10.5 Å². The normalized spacial score (nSPS) is 10.6. The lowest BCUT2D eigenvalue weighted by Crippen LogP contribution is -2.06. The summed E-state index contributed by atoms with van der Waals surface area (Å²) in [4.78, 5) is 13.0. The molecular weight excluding hydrogens is 343 g/mol. The molecule has 0 aromatic carbocycles. The van der Waals surface area contributed by atoms with Crippen molar-refractivity contribution < 1.29 is 4.74 Å². The molecule has 18 heavy (non-hydrogen) atoms. The summed E-state index contributed by atoms with van der Waals surface area (Å²) < 4.78 is 5.93. The molecule has 2 aromatic heterocycles. The number of nitrogens with zero attached hydrogens (tertiary/aromatic N) is 3. The van der Waals surface area contributed by atoms with Crippen molar-refractivity contribution in [3.05, 3.63) is 33.2 Å². The minimum Gasteiger partial charge on any atom is -0.383 e. The van der Waals surface area contributed by atoms with Gasteiger partial charge in [0.25, 0.3) is 0 Å². The molecule has 0 aliphatic rings. The van der Waals surface area contributed by atoms with Crippen molar-refractivity contribution >= 4 is 28.4 Å². The smallest absolute Gasteiger partial charge is 0.180 e. The van der Waals surface area contributed by atoms with Crippen LogP contribution in [0.15, 0.2) is 18.3 Å². The Bertz CT molecular complexity index is 557. The second kappa shape index (κ2) is 5.57. The van der Waals surface area contributed by atoms with Gasteiger partial charge in [-0.2, -0.15) is 0 Å². The van der Waals surface area contributed by atoms with Crippen LogP contribution in [-0.4, -0.2) is 22.1 Å². The van der Waals surface area contributed by atoms with Crippen molar-refractivity contribution in [3.63, 3.8) is 0 Å². The van der Waals surface area contributed by atoms with Gasteiger partial charge in [-0.25, -0.2) is 9.97 Å². The number of hydrogen-bond acceptors (Lipinski definition) is 5. The Hall–Kier alpha value is -1.28. The minimum absolute atomic E-state index is 0.407. The Kier molecular flexibility index (Phi) is 4.07. The quantitative estimate of drug-likeness (QED) is 0.854. The zero-order valence-electron chi connectivity index (χ0n) is 10.1. The number of aromatic nitrogens is 3. The van der Waals surface area contributed by atoms with Crippen molar-refractivity contribution in [2.24, 2.45) is 0 Å². The van der Waals surface area contributed by atoms with Crippen molar-refractivity contribution in [2.75, 3.05) is 12.8 Å². The molecule has 0 radical (unpaired) electrons. The van der Waals surface area contributed by atoms with Crippen LogP contribution in [-0.2, 0) is 11.3 Å². The summed E-state index contributed by atoms with van der Waals surface area (Å²) in [5, 5.41) is 0. The Morgan fingerprint density at radius 2 is 2.11 bits per heavy atom. The van der Waals surface area contributed by atoms with E-state index in [4.69, 9.17) is 10.5 Å². The maximum atomic E-state index is 5.88. The number of rotatable bonds is 3. The number of halogens is 1. The first-order valence-electron chi connectivity index (χ1n) is 5.35. The van der Waals surface area contributed by atoms with E-state index in [9.17, 15) is 0 Å². The molecular formula is C12H13IN4O. The van der Waals surface area contributed by atoms with E-state index in [1.807, 2.05) is 19.1 Å². The molecule has 0 saturated carbocycles. The van der Waals surface area contributed by atoms with E-state index < -0.39 is 0 Å². The maximum absolute atomic E-state index is 5.88. The minimum atomic E-state index is 0.407. The summed E-state index contributed by atoms with van der Waals surface area (Å²) in [6.07, 6.45) is 1.78. The number of hydrogen-bond donors (Lipinski definition) is 1. The van der Waals surface area contributed by atoms with E-state index >= 15 is 0 Å². The number of nitrogen functional groups attached to an aromatic ring is 1. The molecule has 94 valence electrons. The Morgan fingerprint density at radius 3 is 2.72 bits per heavy atom. The molecule has 2 rings (SSSR count). The molecule has 0 fully saturated rings. The summed E-state index contributed by atoms with van der Waals surface area (Å²) in [7, 11) is 1.62. The predicted molar refractivity (Wildman–Crippen MR) is 77.8 cm³/mol. The highest BCUT2D eigenvalue weighted by Gasteiger charge is 2.11. The van der Waals surface area contributed by atoms with Gasteiger partial charge in [-0.05, 0) is 41.1 Å². The number of aryl methyl sites for hydroxylation is 1. The fourth-order valence-corrected chi connectivity index (χ4v) is 1.86. The summed E-state index contributed by atoms with van der Waals surface area (Å²) in [5.74, 6) is 0.981. The van der Waals surface area contributed by atoms with Gasteiger partial charge in [0.1, 0.15) is 11.5 Å². The summed E-state index contributed by atoms with van der Waals surface area (Å²) in [5.41, 5.74) is 8.46. The van der Waals surface area contributed by atoms with Gasteiger partial charge in [0, 0.05) is 13.3 Å². The van der Waals surface area contributed by atoms with Gasteiger partial charge in [0.05, 0.1) is 15.9 Å². The van der Waals surface area contributed by atoms with Crippen LogP contribution in [0.2, 0.25) is 0 Å². The number of anilines is 1. The van der Waals surface area contributed by atoms with Gasteiger partial charge in [-0.1, -0.05) is 6.07 Å². The van der Waals surface area contributed by atoms with E-state index in [-0.39, 0.29) is 0 Å². The zero-order chi connectivity index (χ0) is 13.1. The van der Waals surface area contributed by atoms with Gasteiger partial charge >= 0.3 is 0 Å². The van der Waals surface area contributed by atoms with Crippen LogP contribution in [0.4, 0.5) is 5.82 Å². The van der Waals surface area contributed by atoms with Gasteiger partial charge in [-0.15, -0.1) is 0 Å². The highest BCUT2D eigenvalue weighted by atomic mass is 127. The lowest BCUT2D eigenvalue weighted by atomic mass is 10.2. The Balaban J connectivity index is 2.48. The third kappa shape index (κ3) is 2.75. The van der Waals surface area contributed by atoms with Crippen LogP contribution >= 0.6 is 22.6 Å². The van der Waals surface area contributed by atoms with Gasteiger partial charge in [-0.3, -0.25) is 4.98 Å². The van der Waals surface area contributed by atoms with Crippen LogP contribution in [0.1, 0.15) is 11.3 Å². The molecule has 0 unspecified atom stereocenters. The van der Waals surface area contributed by atoms with Gasteiger partial charge in [0.2, 0.25) is 0 Å². The molecule has 0 amide bonds. The molecule has 0 saturated heterocycles. The molecule has 2 aromatic rings. The SMILES string of the molecule is COCc1nc(-c2ccc(C)cn2)nc(N)c1I. The van der Waals surface area contributed by atoms with Crippen LogP contribution in [0.5, 0.6) is 0 Å². The summed E-state index contributed by atoms with van der Waals surface area (Å²) >= 11 is 2.12. The highest BCUT2D eigenvalue weighted by molar-refractivity contribution is 14.1. The van der Waals surface area contributed by atoms with Crippen molar-refractivity contribution in [1.29, 1.82) is 0 Å². The number of methoxy groups -OCH3 is 1. The second-order valence-electron chi connectivity index (χ2n) is 3.85. The van der Waals surface area contributed by atoms with E-state index in [0.717, 1.165) is 14.8 Å². The first kappa shape index (κ1) is 13.2. The molecule has 0 aliphatic carbocycles. The zero-order valence-corrected chi connectivity index (χ0v) is 12.3. The summed E-state index contributed by atoms with van der Waals surface area (Å²) in [6.45, 7) is 2.39. The molecule has 0 bridgehead atoms. The van der Waals surface area contributed by atoms with Gasteiger partial charge < -0.3 is 10.5 Å². The number of pyridine rings is 1. The van der Waals surface area contributed by atoms with E-state index in [2.05, 4.69) is 37.5 Å². The maximum Gasteiger partial charge on any atom is 0.180 e. The Morgan fingerprint density at radius 1 is 1.33 bits per heavy atom. The molecule has 2 heterocycles. The first-order valence-corrected chi connectivity index (χ1v) is 6.43. The average Bonchev–Trinajstić information content (AvgIpc) is 2.36. The number of ether oxygens (including phenoxy) is 1. The number of nitrogens with two attached hydrogens (primary N) is 1. The largest absolute Gasteiger partial charge is 0.383 e. The predicted octanol–water partition coefficient (Wildman–Crippen LogP) is 2.18.